The number of nitrogens with zero attached hydrogens (tertiary/aromatic N) is 4. The number of nitrogens with two attached hydrogens (primary N) is 1. The first kappa shape index (κ1) is 18.9. The van der Waals surface area contributed by atoms with E-state index in [2.05, 4.69) is 33.3 Å². The molecule has 0 spiro atoms. The molecule has 1 saturated carbocycles. The molecule has 0 radical (unpaired) electrons. The lowest BCUT2D eigenvalue weighted by atomic mass is 10.1. The van der Waals surface area contributed by atoms with Crippen molar-refractivity contribution in [2.75, 3.05) is 32.0 Å². The molecule has 3 aliphatic rings. The second kappa shape index (κ2) is 6.43. The summed E-state index contributed by atoms with van der Waals surface area (Å²) in [5, 5.41) is 0. The number of rotatable bonds is 4. The number of pyridine rings is 1. The van der Waals surface area contributed by atoms with Crippen LogP contribution in [0.3, 0.4) is 0 Å². The predicted molar refractivity (Wildman–Crippen MR) is 101 cm³/mol. The third-order valence-corrected chi connectivity index (χ3v) is 6.43. The van der Waals surface area contributed by atoms with E-state index in [0.29, 0.717) is 35.2 Å². The van der Waals surface area contributed by atoms with Crippen LogP contribution in [0.1, 0.15) is 37.2 Å². The van der Waals surface area contributed by atoms with Crippen molar-refractivity contribution in [1.82, 2.24) is 19.4 Å². The highest BCUT2D eigenvalue weighted by Crippen LogP contribution is 2.57. The Kier molecular flexibility index (Phi) is 4.19. The highest BCUT2D eigenvalue weighted by atomic mass is 19.4. The maximum Gasteiger partial charge on any atom is 0.419 e. The quantitative estimate of drug-likeness (QED) is 0.843. The Morgan fingerprint density at radius 2 is 1.90 bits per heavy atom. The molecule has 0 amide bonds. The Labute approximate surface area is 166 Å². The number of anilines is 1. The van der Waals surface area contributed by atoms with Gasteiger partial charge in [0, 0.05) is 43.0 Å². The minimum Gasteiger partial charge on any atom is -0.383 e. The first-order valence-electron chi connectivity index (χ1n) is 9.97. The number of nitrogen functional groups attached to an aromatic ring is 1. The first-order chi connectivity index (χ1) is 13.7. The molecule has 5 rings (SSSR count). The van der Waals surface area contributed by atoms with E-state index in [0.717, 1.165) is 38.2 Å². The van der Waals surface area contributed by atoms with Gasteiger partial charge in [-0.3, -0.25) is 4.90 Å². The van der Waals surface area contributed by atoms with Gasteiger partial charge in [-0.2, -0.15) is 13.2 Å². The lowest BCUT2D eigenvalue weighted by molar-refractivity contribution is -0.137. The number of aromatic nitrogens is 3. The molecule has 2 aromatic heterocycles. The van der Waals surface area contributed by atoms with Gasteiger partial charge in [-0.05, 0) is 17.9 Å². The Bertz CT molecular complexity index is 925. The molecule has 156 valence electrons. The van der Waals surface area contributed by atoms with Gasteiger partial charge in [-0.15, -0.1) is 0 Å². The number of alkyl halides is 3. The number of fused-ring (bicyclic) bond motifs is 1. The van der Waals surface area contributed by atoms with E-state index in [1.165, 1.54) is 6.20 Å². The first-order valence-corrected chi connectivity index (χ1v) is 9.97. The fourth-order valence-corrected chi connectivity index (χ4v) is 4.73. The topological polar surface area (TPSA) is 69.2 Å². The molecule has 1 aliphatic carbocycles. The van der Waals surface area contributed by atoms with Crippen molar-refractivity contribution in [2.24, 2.45) is 11.8 Å². The van der Waals surface area contributed by atoms with Crippen molar-refractivity contribution in [1.29, 1.82) is 0 Å². The minimum absolute atomic E-state index is 0.171. The SMILES string of the molecule is CC(C)c1nc(-c2cnc(N)c(C(F)(F)F)c2)cn1[C@@H]1[C@@H]2CN(C3COC3)C[C@@H]21. The van der Waals surface area contributed by atoms with Crippen LogP contribution in [0.15, 0.2) is 18.5 Å². The summed E-state index contributed by atoms with van der Waals surface area (Å²) < 4.78 is 47.2. The maximum atomic E-state index is 13.2. The molecule has 0 unspecified atom stereocenters. The number of halogens is 3. The molecule has 9 heteroatoms. The average molecular weight is 407 g/mol. The van der Waals surface area contributed by atoms with Crippen LogP contribution in [-0.2, 0) is 10.9 Å². The van der Waals surface area contributed by atoms with Crippen LogP contribution >= 0.6 is 0 Å². The van der Waals surface area contributed by atoms with Crippen LogP contribution in [0.25, 0.3) is 11.3 Å². The summed E-state index contributed by atoms with van der Waals surface area (Å²) in [4.78, 5) is 10.9. The lowest BCUT2D eigenvalue weighted by Crippen LogP contribution is -2.49. The van der Waals surface area contributed by atoms with Gasteiger partial charge >= 0.3 is 6.18 Å². The van der Waals surface area contributed by atoms with E-state index in [-0.39, 0.29) is 5.92 Å². The fourth-order valence-electron chi connectivity index (χ4n) is 4.73. The number of hydrogen-bond donors (Lipinski definition) is 1. The molecule has 0 bridgehead atoms. The molecule has 4 heterocycles. The maximum absolute atomic E-state index is 13.2. The molecule has 3 fully saturated rings. The van der Waals surface area contributed by atoms with Crippen LogP contribution < -0.4 is 5.73 Å². The molecular formula is C20H24F3N5O. The molecule has 2 aliphatic heterocycles. The average Bonchev–Trinajstić information content (AvgIpc) is 2.96. The molecule has 2 aromatic rings. The van der Waals surface area contributed by atoms with Crippen LogP contribution in [0.5, 0.6) is 0 Å². The number of piperidine rings is 1. The monoisotopic (exact) mass is 407 g/mol. The Hall–Kier alpha value is -2.13. The minimum atomic E-state index is -4.54. The van der Waals surface area contributed by atoms with Crippen molar-refractivity contribution < 1.29 is 17.9 Å². The van der Waals surface area contributed by atoms with Gasteiger partial charge in [-0.25, -0.2) is 9.97 Å². The Morgan fingerprint density at radius 1 is 1.21 bits per heavy atom. The second-order valence-corrected chi connectivity index (χ2v) is 8.66. The van der Waals surface area contributed by atoms with Gasteiger partial charge in [0.15, 0.2) is 0 Å². The van der Waals surface area contributed by atoms with Gasteiger partial charge in [-0.1, -0.05) is 13.8 Å². The summed E-state index contributed by atoms with van der Waals surface area (Å²) in [7, 11) is 0. The Morgan fingerprint density at radius 3 is 2.45 bits per heavy atom. The van der Waals surface area contributed by atoms with E-state index >= 15 is 0 Å². The van der Waals surface area contributed by atoms with Crippen molar-refractivity contribution >= 4 is 5.82 Å². The molecule has 6 nitrogen and oxygen atoms in total. The lowest BCUT2D eigenvalue weighted by Gasteiger charge is -2.36. The third kappa shape index (κ3) is 3.11. The number of hydrogen-bond acceptors (Lipinski definition) is 5. The summed E-state index contributed by atoms with van der Waals surface area (Å²) in [5.74, 6) is 1.71. The zero-order valence-corrected chi connectivity index (χ0v) is 16.4. The van der Waals surface area contributed by atoms with Crippen LogP contribution in [0.4, 0.5) is 19.0 Å². The van der Waals surface area contributed by atoms with Gasteiger partial charge in [0.25, 0.3) is 0 Å². The van der Waals surface area contributed by atoms with Crippen LogP contribution in [0, 0.1) is 11.8 Å². The van der Waals surface area contributed by atoms with E-state index < -0.39 is 17.6 Å². The zero-order chi connectivity index (χ0) is 20.5. The van der Waals surface area contributed by atoms with Crippen molar-refractivity contribution in [3.05, 3.63) is 29.8 Å². The van der Waals surface area contributed by atoms with Crippen LogP contribution in [0.2, 0.25) is 0 Å². The zero-order valence-electron chi connectivity index (χ0n) is 16.4. The predicted octanol–water partition coefficient (Wildman–Crippen LogP) is 3.17. The summed E-state index contributed by atoms with van der Waals surface area (Å²) in [5.41, 5.74) is 5.38. The number of ether oxygens (including phenoxy) is 1. The van der Waals surface area contributed by atoms with E-state index in [1.807, 2.05) is 6.20 Å². The second-order valence-electron chi connectivity index (χ2n) is 8.66. The molecule has 2 N–H and O–H groups in total. The molecule has 2 saturated heterocycles. The molecule has 0 aromatic carbocycles. The van der Waals surface area contributed by atoms with Crippen molar-refractivity contribution in [3.63, 3.8) is 0 Å². The molecule has 29 heavy (non-hydrogen) atoms. The Balaban J connectivity index is 1.43. The summed E-state index contributed by atoms with van der Waals surface area (Å²) in [6.07, 6.45) is -1.28. The highest BCUT2D eigenvalue weighted by molar-refractivity contribution is 5.62. The smallest absolute Gasteiger partial charge is 0.383 e. The third-order valence-electron chi connectivity index (χ3n) is 6.43. The van der Waals surface area contributed by atoms with E-state index in [4.69, 9.17) is 10.5 Å². The summed E-state index contributed by atoms with van der Waals surface area (Å²) in [6.45, 7) is 7.86. The molecule has 3 atom stereocenters. The van der Waals surface area contributed by atoms with Crippen LogP contribution in [-0.4, -0.2) is 51.8 Å². The van der Waals surface area contributed by atoms with Crippen molar-refractivity contribution in [3.8, 4) is 11.3 Å². The normalized spacial score (nSPS) is 27.3. The number of imidazole rings is 1. The molecular weight excluding hydrogens is 383 g/mol. The van der Waals surface area contributed by atoms with Gasteiger partial charge in [0.2, 0.25) is 0 Å². The van der Waals surface area contributed by atoms with E-state index in [9.17, 15) is 13.2 Å². The van der Waals surface area contributed by atoms with Gasteiger partial charge < -0.3 is 15.0 Å². The van der Waals surface area contributed by atoms with Gasteiger partial charge in [0.1, 0.15) is 11.6 Å². The highest BCUT2D eigenvalue weighted by Gasteiger charge is 2.58. The largest absolute Gasteiger partial charge is 0.419 e. The summed E-state index contributed by atoms with van der Waals surface area (Å²) in [6, 6.07) is 1.97. The fraction of sp³-hybridized carbons (Fsp3) is 0.600. The number of likely N-dealkylation sites (tertiary alicyclic amines) is 1. The van der Waals surface area contributed by atoms with Gasteiger partial charge in [0.05, 0.1) is 30.5 Å². The standard InChI is InChI=1S/C20H24F3N5O/c1-10(2)19-26-16(11-3-15(20(21,22)23)18(24)25-4-11)7-28(19)17-13-5-27(6-14(13)17)12-8-29-9-12/h3-4,7,10,12-14,17H,5-6,8-9H2,1-2H3,(H2,24,25)/t13-,14+,17-. The van der Waals surface area contributed by atoms with Crippen molar-refractivity contribution in [2.45, 2.75) is 38.0 Å². The summed E-state index contributed by atoms with van der Waals surface area (Å²) >= 11 is 0. The van der Waals surface area contributed by atoms with E-state index in [1.54, 1.807) is 0 Å².